The van der Waals surface area contributed by atoms with E-state index in [0.29, 0.717) is 51.4 Å². The average Bonchev–Trinajstić information content (AvgIpc) is 3.48. The van der Waals surface area contributed by atoms with E-state index in [1.165, 1.54) is 6.92 Å². The predicted octanol–water partition coefficient (Wildman–Crippen LogP) is -2.97. The van der Waals surface area contributed by atoms with E-state index in [0.717, 1.165) is 5.57 Å². The smallest absolute Gasteiger partial charge is 0.315 e. The molecule has 5 aliphatic carbocycles. The molecule has 30 unspecified atom stereocenters. The number of carbonyl (C=O) groups is 2. The number of ether oxygens (including phenoxy) is 8. The summed E-state index contributed by atoms with van der Waals surface area (Å²) in [5.41, 5.74) is -3.71. The number of allylic oxidation sites excluding steroid dienone is 2. The van der Waals surface area contributed by atoms with E-state index in [1.54, 1.807) is 6.92 Å². The number of aliphatic hydroxyl groups excluding tert-OH is 14. The van der Waals surface area contributed by atoms with Gasteiger partial charge in [-0.3, -0.25) is 9.59 Å². The molecule has 30 atom stereocenters. The fraction of sp³-hybridized carbons (Fsp3) is 0.926. The molecule has 15 N–H and O–H groups in total. The molecule has 9 rings (SSSR count). The predicted molar refractivity (Wildman–Crippen MR) is 265 cm³/mol. The number of aliphatic carboxylic acids is 1. The van der Waals surface area contributed by atoms with Crippen molar-refractivity contribution in [3.8, 4) is 0 Å². The molecule has 9 aliphatic rings. The highest BCUT2D eigenvalue weighted by Gasteiger charge is 2.72. The Kier molecular flexibility index (Phi) is 17.1. The fourth-order valence-electron chi connectivity index (χ4n) is 16.4. The first-order chi connectivity index (χ1) is 36.9. The van der Waals surface area contributed by atoms with Gasteiger partial charge in [-0.2, -0.15) is 0 Å². The van der Waals surface area contributed by atoms with Gasteiger partial charge >= 0.3 is 11.9 Å². The molecule has 4 heterocycles. The number of rotatable bonds is 12. The van der Waals surface area contributed by atoms with Crippen LogP contribution in [0.25, 0.3) is 0 Å². The molecule has 8 fully saturated rings. The van der Waals surface area contributed by atoms with Crippen molar-refractivity contribution < 1.29 is 124 Å². The van der Waals surface area contributed by atoms with E-state index < -0.39 is 206 Å². The summed E-state index contributed by atoms with van der Waals surface area (Å²) in [4.78, 5) is 28.6. The number of hydrogen-bond donors (Lipinski definition) is 15. The lowest BCUT2D eigenvalue weighted by Gasteiger charge is -2.71. The van der Waals surface area contributed by atoms with Gasteiger partial charge in [0, 0.05) is 0 Å². The zero-order valence-electron chi connectivity index (χ0n) is 45.8. The van der Waals surface area contributed by atoms with Crippen molar-refractivity contribution in [1.82, 2.24) is 0 Å². The fourth-order valence-corrected chi connectivity index (χ4v) is 16.4. The lowest BCUT2D eigenvalue weighted by atomic mass is 9.33. The summed E-state index contributed by atoms with van der Waals surface area (Å²) in [7, 11) is 0. The monoisotopic (exact) mass is 1130 g/mol. The van der Waals surface area contributed by atoms with Crippen LogP contribution in [0.2, 0.25) is 0 Å². The van der Waals surface area contributed by atoms with Crippen LogP contribution in [0.15, 0.2) is 11.6 Å². The van der Waals surface area contributed by atoms with E-state index >= 15 is 4.79 Å². The van der Waals surface area contributed by atoms with Gasteiger partial charge in [-0.1, -0.05) is 46.3 Å². The van der Waals surface area contributed by atoms with Crippen molar-refractivity contribution >= 4 is 11.9 Å². The average molecular weight is 1140 g/mol. The number of carboxylic acid groups (broad SMARTS) is 1. The first-order valence-corrected chi connectivity index (χ1v) is 27.9. The highest BCUT2D eigenvalue weighted by Crippen LogP contribution is 2.76. The third-order valence-electron chi connectivity index (χ3n) is 21.5. The van der Waals surface area contributed by atoms with Crippen molar-refractivity contribution in [3.63, 3.8) is 0 Å². The molecular weight excluding hydrogens is 1050 g/mol. The lowest BCUT2D eigenvalue weighted by molar-refractivity contribution is -0.373. The van der Waals surface area contributed by atoms with Crippen molar-refractivity contribution in [2.75, 3.05) is 19.8 Å². The normalized spacial score (nSPS) is 54.5. The number of esters is 1. The van der Waals surface area contributed by atoms with Gasteiger partial charge in [0.2, 0.25) is 6.29 Å². The number of fused-ring (bicyclic) bond motifs is 7. The van der Waals surface area contributed by atoms with Crippen molar-refractivity contribution in [1.29, 1.82) is 0 Å². The van der Waals surface area contributed by atoms with Gasteiger partial charge in [0.05, 0.1) is 49.0 Å². The van der Waals surface area contributed by atoms with Crippen LogP contribution in [0.4, 0.5) is 0 Å². The molecule has 4 aliphatic heterocycles. The third-order valence-corrected chi connectivity index (χ3v) is 21.5. The Hall–Kier alpha value is -2.16. The van der Waals surface area contributed by atoms with E-state index in [2.05, 4.69) is 40.7 Å². The summed E-state index contributed by atoms with van der Waals surface area (Å²) >= 11 is 0. The molecule has 79 heavy (non-hydrogen) atoms. The van der Waals surface area contributed by atoms with Crippen LogP contribution in [0.1, 0.15) is 106 Å². The minimum absolute atomic E-state index is 0.111. The summed E-state index contributed by atoms with van der Waals surface area (Å²) in [6.45, 7) is 11.2. The quantitative estimate of drug-likeness (QED) is 0.0685. The van der Waals surface area contributed by atoms with E-state index in [-0.39, 0.29) is 17.8 Å². The van der Waals surface area contributed by atoms with Crippen LogP contribution < -0.4 is 0 Å². The molecule has 4 saturated heterocycles. The molecule has 0 aromatic rings. The Balaban J connectivity index is 0.990. The Morgan fingerprint density at radius 1 is 0.595 bits per heavy atom. The summed E-state index contributed by atoms with van der Waals surface area (Å²) in [6, 6.07) is 0. The third kappa shape index (κ3) is 9.85. The van der Waals surface area contributed by atoms with E-state index in [9.17, 15) is 81.4 Å². The summed E-state index contributed by atoms with van der Waals surface area (Å²) < 4.78 is 47.1. The first kappa shape index (κ1) is 61.4. The molecule has 25 heteroatoms. The maximum atomic E-state index is 15.6. The van der Waals surface area contributed by atoms with Gasteiger partial charge in [-0.25, -0.2) is 0 Å². The zero-order valence-corrected chi connectivity index (χ0v) is 45.8. The number of carbonyl (C=O) groups excluding carboxylic acids is 1. The number of carboxylic acids is 1. The van der Waals surface area contributed by atoms with Crippen molar-refractivity contribution in [3.05, 3.63) is 11.6 Å². The Morgan fingerprint density at radius 3 is 1.80 bits per heavy atom. The summed E-state index contributed by atoms with van der Waals surface area (Å²) in [5, 5.41) is 163. The molecule has 0 aromatic heterocycles. The topological polar surface area (TPSA) is 411 Å². The molecule has 0 amide bonds. The molecule has 25 nitrogen and oxygen atoms in total. The highest BCUT2D eigenvalue weighted by atomic mass is 16.8. The van der Waals surface area contributed by atoms with Gasteiger partial charge in [-0.05, 0) is 111 Å². The lowest BCUT2D eigenvalue weighted by Crippen LogP contribution is -2.69. The van der Waals surface area contributed by atoms with Crippen LogP contribution in [0, 0.1) is 50.2 Å². The largest absolute Gasteiger partial charge is 0.481 e. The van der Waals surface area contributed by atoms with Gasteiger partial charge in [0.25, 0.3) is 0 Å². The molecule has 0 aromatic carbocycles. The SMILES string of the molecule is CC1OC(OC2C(CO)OC(OCC3OC(OC(=O)C45CCC(C)(C)CC4C4=CCC6C7(C)CC(O)C(O)C(C)(C(=O)O)C7CCC6(C)C4(C)CC5)C(OC4OC(CO)C(O)C(O)C4O)C(O)C3O)C(O)C2O)C(O)C(O)C1O. The van der Waals surface area contributed by atoms with Gasteiger partial charge in [0.15, 0.2) is 25.0 Å². The zero-order chi connectivity index (χ0) is 58.0. The maximum Gasteiger partial charge on any atom is 0.315 e. The van der Waals surface area contributed by atoms with E-state index in [1.807, 2.05) is 0 Å². The van der Waals surface area contributed by atoms with Gasteiger partial charge in [-0.15, -0.1) is 0 Å². The molecule has 452 valence electrons. The van der Waals surface area contributed by atoms with Crippen LogP contribution in [0.5, 0.6) is 0 Å². The molecular formula is C54H86O25. The second-order valence-electron chi connectivity index (χ2n) is 26.2. The van der Waals surface area contributed by atoms with Crippen LogP contribution in [-0.2, 0) is 47.5 Å². The molecule has 4 saturated carbocycles. The maximum absolute atomic E-state index is 15.6. The van der Waals surface area contributed by atoms with E-state index in [4.69, 9.17) is 37.9 Å². The van der Waals surface area contributed by atoms with Gasteiger partial charge < -0.3 is 114 Å². The number of aliphatic hydroxyl groups is 14. The molecule has 0 spiro atoms. The van der Waals surface area contributed by atoms with Crippen LogP contribution >= 0.6 is 0 Å². The Morgan fingerprint density at radius 2 is 1.15 bits per heavy atom. The minimum atomic E-state index is -2.07. The first-order valence-electron chi connectivity index (χ1n) is 27.9. The van der Waals surface area contributed by atoms with Crippen molar-refractivity contribution in [2.24, 2.45) is 50.2 Å². The second kappa shape index (κ2) is 22.0. The molecule has 0 radical (unpaired) electrons. The standard InChI is InChI=1S/C54H86O25/c1-21-30(58)33(61)37(65)44(73-21)77-40-26(19-56)75-43(39(67)36(40)64)72-20-27-32(60)35(63)41(78-45-38(66)34(62)31(59)25(18-55)74-45)46(76-27)79-48(71)54-14-12-49(2,3)16-23(54)22-8-9-28-50(4)17-24(57)42(68)53(7,47(69)70)29(50)10-11-52(28,6)51(22,5)13-15-54/h8,21,23-46,55-68H,9-20H2,1-7H3,(H,69,70). The second-order valence-corrected chi connectivity index (χ2v) is 26.2. The van der Waals surface area contributed by atoms with Crippen LogP contribution in [-0.4, -0.2) is 243 Å². The number of hydrogen-bond acceptors (Lipinski definition) is 24. The van der Waals surface area contributed by atoms with Crippen molar-refractivity contribution in [2.45, 2.75) is 241 Å². The highest BCUT2D eigenvalue weighted by molar-refractivity contribution is 5.79. The van der Waals surface area contributed by atoms with Crippen LogP contribution in [0.3, 0.4) is 0 Å². The Labute approximate surface area is 457 Å². The van der Waals surface area contributed by atoms with Gasteiger partial charge in [0.1, 0.15) is 85.5 Å². The summed E-state index contributed by atoms with van der Waals surface area (Å²) in [5.74, 6) is -2.88. The summed E-state index contributed by atoms with van der Waals surface area (Å²) in [6.07, 6.45) is -31.5. The molecule has 0 bridgehead atoms. The Bertz CT molecular complexity index is 2240. The minimum Gasteiger partial charge on any atom is -0.481 e.